The van der Waals surface area contributed by atoms with Gasteiger partial charge in [0.25, 0.3) is 0 Å². The van der Waals surface area contributed by atoms with Crippen LogP contribution in [0.4, 0.5) is 0 Å². The van der Waals surface area contributed by atoms with Gasteiger partial charge in [-0.25, -0.2) is 0 Å². The van der Waals surface area contributed by atoms with Crippen LogP contribution < -0.4 is 0 Å². The van der Waals surface area contributed by atoms with Crippen LogP contribution >= 0.6 is 0 Å². The smallest absolute Gasteiger partial charge is 0.106 e. The molecule has 2 nitrogen and oxygen atoms in total. The first-order valence-electron chi connectivity index (χ1n) is 6.90. The maximum absolute atomic E-state index is 11.0. The van der Waals surface area contributed by atoms with E-state index in [0.29, 0.717) is 11.3 Å². The van der Waals surface area contributed by atoms with Crippen molar-refractivity contribution in [3.63, 3.8) is 0 Å². The molecular weight excluding hydrogens is 198 g/mol. The molecule has 0 aromatic rings. The van der Waals surface area contributed by atoms with E-state index < -0.39 is 0 Å². The van der Waals surface area contributed by atoms with Gasteiger partial charge in [0.1, 0.15) is 5.54 Å². The first-order valence-corrected chi connectivity index (χ1v) is 6.90. The zero-order valence-corrected chi connectivity index (χ0v) is 11.0. The zero-order chi connectivity index (χ0) is 11.8. The predicted octanol–water partition coefficient (Wildman–Crippen LogP) is 4.53. The van der Waals surface area contributed by atoms with E-state index in [9.17, 15) is 4.91 Å². The van der Waals surface area contributed by atoms with Crippen LogP contribution in [-0.2, 0) is 0 Å². The van der Waals surface area contributed by atoms with Crippen LogP contribution in [0.1, 0.15) is 65.7 Å². The molecule has 2 saturated carbocycles. The monoisotopic (exact) mass is 223 g/mol. The van der Waals surface area contributed by atoms with Gasteiger partial charge in [-0.05, 0) is 55.8 Å². The van der Waals surface area contributed by atoms with Crippen molar-refractivity contribution in [3.8, 4) is 0 Å². The number of hydrogen-bond acceptors (Lipinski definition) is 2. The van der Waals surface area contributed by atoms with E-state index in [1.807, 2.05) is 0 Å². The second kappa shape index (κ2) is 4.12. The minimum absolute atomic E-state index is 0.209. The van der Waals surface area contributed by atoms with E-state index in [2.05, 4.69) is 25.9 Å². The van der Waals surface area contributed by atoms with E-state index in [-0.39, 0.29) is 5.54 Å². The molecule has 0 heterocycles. The highest BCUT2D eigenvalue weighted by molar-refractivity contribution is 5.11. The Bertz CT molecular complexity index is 256. The number of rotatable bonds is 3. The van der Waals surface area contributed by atoms with Crippen LogP contribution in [0, 0.1) is 22.2 Å². The van der Waals surface area contributed by atoms with Gasteiger partial charge in [0.15, 0.2) is 0 Å². The average molecular weight is 223 g/mol. The van der Waals surface area contributed by atoms with E-state index >= 15 is 0 Å². The Hall–Kier alpha value is -0.400. The molecular formula is C14H25NO. The molecule has 0 radical (unpaired) electrons. The van der Waals surface area contributed by atoms with E-state index in [1.54, 1.807) is 0 Å². The first-order chi connectivity index (χ1) is 7.56. The van der Waals surface area contributed by atoms with Crippen LogP contribution in [0.15, 0.2) is 5.18 Å². The average Bonchev–Trinajstić information content (AvgIpc) is 2.25. The third-order valence-corrected chi connectivity index (χ3v) is 5.36. The predicted molar refractivity (Wildman–Crippen MR) is 67.3 cm³/mol. The van der Waals surface area contributed by atoms with Crippen molar-refractivity contribution in [1.29, 1.82) is 0 Å². The molecule has 2 aliphatic rings. The first kappa shape index (κ1) is 12.1. The lowest BCUT2D eigenvalue weighted by Gasteiger charge is -2.57. The van der Waals surface area contributed by atoms with E-state index in [4.69, 9.17) is 0 Å². The molecule has 0 atom stereocenters. The van der Waals surface area contributed by atoms with Crippen molar-refractivity contribution < 1.29 is 0 Å². The standard InChI is InChI=1S/C14H25NO/c1-4-12-5-7-13(8-6-12)9-14(10-13,15-16)11(2)3/h11-12H,4-10H2,1-3H3. The minimum atomic E-state index is -0.209. The summed E-state index contributed by atoms with van der Waals surface area (Å²) in [5, 5.41) is 3.46. The van der Waals surface area contributed by atoms with Crippen molar-refractivity contribution in [3.05, 3.63) is 4.91 Å². The van der Waals surface area contributed by atoms with Crippen LogP contribution in [0.5, 0.6) is 0 Å². The molecule has 2 aliphatic carbocycles. The molecule has 0 N–H and O–H groups in total. The molecule has 0 aromatic carbocycles. The normalized spacial score (nSPS) is 43.4. The highest BCUT2D eigenvalue weighted by atomic mass is 16.3. The fourth-order valence-corrected chi connectivity index (χ4v) is 3.88. The summed E-state index contributed by atoms with van der Waals surface area (Å²) >= 11 is 0. The number of nitrogens with zero attached hydrogens (tertiary/aromatic N) is 1. The summed E-state index contributed by atoms with van der Waals surface area (Å²) in [6.07, 6.45) is 8.91. The summed E-state index contributed by atoms with van der Waals surface area (Å²) in [5.74, 6) is 1.36. The highest BCUT2D eigenvalue weighted by Gasteiger charge is 2.57. The fourth-order valence-electron chi connectivity index (χ4n) is 3.88. The Morgan fingerprint density at radius 1 is 1.25 bits per heavy atom. The lowest BCUT2D eigenvalue weighted by atomic mass is 9.49. The number of hydrogen-bond donors (Lipinski definition) is 0. The van der Waals surface area contributed by atoms with E-state index in [1.165, 1.54) is 32.1 Å². The Balaban J connectivity index is 1.94. The van der Waals surface area contributed by atoms with Gasteiger partial charge in [-0.3, -0.25) is 0 Å². The Morgan fingerprint density at radius 3 is 2.19 bits per heavy atom. The van der Waals surface area contributed by atoms with Crippen molar-refractivity contribution in [2.24, 2.45) is 22.4 Å². The second-order valence-electron chi connectivity index (χ2n) is 6.55. The van der Waals surface area contributed by atoms with Crippen LogP contribution in [0.3, 0.4) is 0 Å². The summed E-state index contributed by atoms with van der Waals surface area (Å²) < 4.78 is 0. The molecule has 0 aromatic heterocycles. The van der Waals surface area contributed by atoms with Gasteiger partial charge < -0.3 is 0 Å². The molecule has 1 spiro atoms. The summed E-state index contributed by atoms with van der Waals surface area (Å²) in [7, 11) is 0. The van der Waals surface area contributed by atoms with Gasteiger partial charge in [-0.2, -0.15) is 4.91 Å². The molecule has 0 bridgehead atoms. The van der Waals surface area contributed by atoms with E-state index in [0.717, 1.165) is 18.8 Å². The van der Waals surface area contributed by atoms with Crippen molar-refractivity contribution in [1.82, 2.24) is 0 Å². The summed E-state index contributed by atoms with van der Waals surface area (Å²) in [6.45, 7) is 6.59. The largest absolute Gasteiger partial charge is 0.150 e. The van der Waals surface area contributed by atoms with Gasteiger partial charge in [-0.15, -0.1) is 0 Å². The van der Waals surface area contributed by atoms with Gasteiger partial charge in [0.2, 0.25) is 0 Å². The molecule has 2 rings (SSSR count). The molecule has 2 fully saturated rings. The maximum atomic E-state index is 11.0. The van der Waals surface area contributed by atoms with Gasteiger partial charge in [-0.1, -0.05) is 32.4 Å². The van der Waals surface area contributed by atoms with Crippen LogP contribution in [0.2, 0.25) is 0 Å². The topological polar surface area (TPSA) is 29.4 Å². The SMILES string of the molecule is CCC1CCC2(CC1)CC(N=O)(C(C)C)C2. The van der Waals surface area contributed by atoms with Gasteiger partial charge >= 0.3 is 0 Å². The van der Waals surface area contributed by atoms with Crippen LogP contribution in [-0.4, -0.2) is 5.54 Å². The second-order valence-corrected chi connectivity index (χ2v) is 6.55. The maximum Gasteiger partial charge on any atom is 0.106 e. The van der Waals surface area contributed by atoms with Crippen molar-refractivity contribution in [2.75, 3.05) is 0 Å². The van der Waals surface area contributed by atoms with Crippen LogP contribution in [0.25, 0.3) is 0 Å². The lowest BCUT2D eigenvalue weighted by Crippen LogP contribution is -2.54. The quantitative estimate of drug-likeness (QED) is 0.646. The molecule has 0 saturated heterocycles. The molecule has 92 valence electrons. The Kier molecular flexibility index (Phi) is 3.11. The summed E-state index contributed by atoms with van der Waals surface area (Å²) in [4.78, 5) is 11.0. The minimum Gasteiger partial charge on any atom is -0.150 e. The molecule has 0 aliphatic heterocycles. The fraction of sp³-hybridized carbons (Fsp3) is 1.00. The highest BCUT2D eigenvalue weighted by Crippen LogP contribution is 2.61. The molecule has 0 unspecified atom stereocenters. The Labute approximate surface area is 99.2 Å². The lowest BCUT2D eigenvalue weighted by molar-refractivity contribution is -0.0413. The number of nitroso groups, excluding NO2 is 1. The zero-order valence-electron chi connectivity index (χ0n) is 11.0. The molecule has 0 amide bonds. The van der Waals surface area contributed by atoms with Gasteiger partial charge in [0.05, 0.1) is 0 Å². The van der Waals surface area contributed by atoms with Crippen molar-refractivity contribution >= 4 is 0 Å². The molecule has 2 heteroatoms. The third-order valence-electron chi connectivity index (χ3n) is 5.36. The molecule has 16 heavy (non-hydrogen) atoms. The third kappa shape index (κ3) is 1.80. The summed E-state index contributed by atoms with van der Waals surface area (Å²) in [6, 6.07) is 0. The summed E-state index contributed by atoms with van der Waals surface area (Å²) in [5.41, 5.74) is 0.295. The van der Waals surface area contributed by atoms with Gasteiger partial charge in [0, 0.05) is 0 Å². The van der Waals surface area contributed by atoms with Crippen molar-refractivity contribution in [2.45, 2.75) is 71.3 Å². The Morgan fingerprint density at radius 2 is 1.81 bits per heavy atom.